The van der Waals surface area contributed by atoms with Gasteiger partial charge in [0.1, 0.15) is 5.75 Å². The van der Waals surface area contributed by atoms with Crippen molar-refractivity contribution in [3.8, 4) is 5.75 Å². The molecule has 0 radical (unpaired) electrons. The topological polar surface area (TPSA) is 46.5 Å². The number of benzene rings is 2. The summed E-state index contributed by atoms with van der Waals surface area (Å²) in [4.78, 5) is 10.1. The van der Waals surface area contributed by atoms with Gasteiger partial charge >= 0.3 is 7.60 Å². The summed E-state index contributed by atoms with van der Waals surface area (Å²) in [5.41, 5.74) is 2.57. The van der Waals surface area contributed by atoms with Gasteiger partial charge in [0.25, 0.3) is 0 Å². The van der Waals surface area contributed by atoms with Crippen LogP contribution in [0.4, 0.5) is 0 Å². The van der Waals surface area contributed by atoms with Crippen LogP contribution >= 0.6 is 7.60 Å². The Morgan fingerprint density at radius 2 is 1.65 bits per heavy atom. The summed E-state index contributed by atoms with van der Waals surface area (Å²) in [6, 6.07) is 14.2. The third-order valence-electron chi connectivity index (χ3n) is 3.63. The van der Waals surface area contributed by atoms with Gasteiger partial charge in [0, 0.05) is 0 Å². The van der Waals surface area contributed by atoms with E-state index in [9.17, 15) is 9.46 Å². The molecule has 0 fully saturated rings. The molecule has 0 spiro atoms. The summed E-state index contributed by atoms with van der Waals surface area (Å²) >= 11 is 0. The zero-order valence-electron chi connectivity index (χ0n) is 11.2. The molecule has 0 saturated heterocycles. The zero-order chi connectivity index (χ0) is 14.0. The largest absolute Gasteiger partial charge is 0.421 e. The van der Waals surface area contributed by atoms with Gasteiger partial charge in [0.05, 0.1) is 5.30 Å². The molecule has 3 nitrogen and oxygen atoms in total. The van der Waals surface area contributed by atoms with Crippen molar-refractivity contribution < 1.29 is 14.0 Å². The highest BCUT2D eigenvalue weighted by Crippen LogP contribution is 2.42. The number of aryl methyl sites for hydroxylation is 2. The van der Waals surface area contributed by atoms with Gasteiger partial charge in [-0.15, -0.1) is 0 Å². The van der Waals surface area contributed by atoms with Crippen LogP contribution in [-0.2, 0) is 17.4 Å². The molecular weight excluding hydrogens is 271 g/mol. The van der Waals surface area contributed by atoms with Crippen molar-refractivity contribution in [1.29, 1.82) is 0 Å². The van der Waals surface area contributed by atoms with Crippen molar-refractivity contribution in [1.82, 2.24) is 0 Å². The fourth-order valence-corrected chi connectivity index (χ4v) is 3.63. The normalized spacial score (nSPS) is 17.1. The van der Waals surface area contributed by atoms with Crippen molar-refractivity contribution in [2.45, 2.75) is 25.7 Å². The predicted molar refractivity (Wildman–Crippen MR) is 79.6 cm³/mol. The maximum absolute atomic E-state index is 12.3. The first kappa shape index (κ1) is 13.4. The van der Waals surface area contributed by atoms with Gasteiger partial charge in [-0.05, 0) is 61.1 Å². The second-order valence-electron chi connectivity index (χ2n) is 5.08. The Morgan fingerprint density at radius 3 is 2.40 bits per heavy atom. The van der Waals surface area contributed by atoms with Crippen molar-refractivity contribution in [3.63, 3.8) is 0 Å². The van der Waals surface area contributed by atoms with E-state index in [1.54, 1.807) is 30.3 Å². The second-order valence-corrected chi connectivity index (χ2v) is 6.82. The molecule has 2 aromatic carbocycles. The van der Waals surface area contributed by atoms with E-state index in [-0.39, 0.29) is 0 Å². The number of rotatable bonds is 3. The Labute approximate surface area is 118 Å². The van der Waals surface area contributed by atoms with Gasteiger partial charge in [-0.2, -0.15) is 0 Å². The van der Waals surface area contributed by atoms with E-state index in [1.807, 2.05) is 18.2 Å². The van der Waals surface area contributed by atoms with Crippen LogP contribution in [0, 0.1) is 0 Å². The molecular formula is C16H17O3P. The molecule has 1 unspecified atom stereocenters. The average Bonchev–Trinajstić information content (AvgIpc) is 2.48. The molecule has 0 bridgehead atoms. The molecule has 1 aliphatic carbocycles. The molecule has 1 N–H and O–H groups in total. The highest BCUT2D eigenvalue weighted by Gasteiger charge is 2.24. The maximum Gasteiger partial charge on any atom is 0.408 e. The van der Waals surface area contributed by atoms with E-state index < -0.39 is 7.60 Å². The van der Waals surface area contributed by atoms with Gasteiger partial charge < -0.3 is 9.42 Å². The van der Waals surface area contributed by atoms with Crippen LogP contribution < -0.4 is 9.83 Å². The van der Waals surface area contributed by atoms with Crippen LogP contribution in [0.15, 0.2) is 48.5 Å². The minimum absolute atomic E-state index is 0.317. The van der Waals surface area contributed by atoms with Crippen molar-refractivity contribution >= 4 is 12.9 Å². The summed E-state index contributed by atoms with van der Waals surface area (Å²) in [7, 11) is -3.80. The summed E-state index contributed by atoms with van der Waals surface area (Å²) in [5.74, 6) is 0.473. The molecule has 0 aromatic heterocycles. The van der Waals surface area contributed by atoms with Crippen molar-refractivity contribution in [3.05, 3.63) is 59.7 Å². The Morgan fingerprint density at radius 1 is 0.950 bits per heavy atom. The molecule has 3 rings (SSSR count). The van der Waals surface area contributed by atoms with Crippen molar-refractivity contribution in [2.75, 3.05) is 0 Å². The van der Waals surface area contributed by atoms with Crippen molar-refractivity contribution in [2.24, 2.45) is 0 Å². The second kappa shape index (κ2) is 5.43. The van der Waals surface area contributed by atoms with Crippen LogP contribution in [-0.4, -0.2) is 4.89 Å². The smallest absolute Gasteiger partial charge is 0.408 e. The lowest BCUT2D eigenvalue weighted by atomic mass is 9.92. The van der Waals surface area contributed by atoms with Gasteiger partial charge in [0.15, 0.2) is 0 Å². The Hall–Kier alpha value is -1.57. The summed E-state index contributed by atoms with van der Waals surface area (Å²) < 4.78 is 17.7. The maximum atomic E-state index is 12.3. The zero-order valence-corrected chi connectivity index (χ0v) is 12.1. The number of fused-ring (bicyclic) bond motifs is 1. The number of hydrogen-bond donors (Lipinski definition) is 1. The monoisotopic (exact) mass is 288 g/mol. The molecule has 104 valence electrons. The van der Waals surface area contributed by atoms with E-state index in [0.717, 1.165) is 12.8 Å². The van der Waals surface area contributed by atoms with Crippen LogP contribution in [0.25, 0.3) is 0 Å². The first-order valence-electron chi connectivity index (χ1n) is 6.85. The summed E-state index contributed by atoms with van der Waals surface area (Å²) in [5, 5.41) is 0.317. The fraction of sp³-hybridized carbons (Fsp3) is 0.250. The van der Waals surface area contributed by atoms with E-state index in [4.69, 9.17) is 4.52 Å². The molecule has 0 saturated carbocycles. The third kappa shape index (κ3) is 2.79. The molecule has 0 aliphatic heterocycles. The molecule has 4 heteroatoms. The molecule has 1 atom stereocenters. The SMILES string of the molecule is O=P(O)(Oc1ccc2c(c1)CCCC2)c1ccccc1. The highest BCUT2D eigenvalue weighted by atomic mass is 31.2. The van der Waals surface area contributed by atoms with E-state index in [1.165, 1.54) is 24.0 Å². The summed E-state index contributed by atoms with van der Waals surface area (Å²) in [6.45, 7) is 0. The lowest BCUT2D eigenvalue weighted by Crippen LogP contribution is -2.09. The van der Waals surface area contributed by atoms with E-state index in [2.05, 4.69) is 0 Å². The quantitative estimate of drug-likeness (QED) is 0.880. The molecule has 0 amide bonds. The van der Waals surface area contributed by atoms with Crippen LogP contribution in [0.1, 0.15) is 24.0 Å². The van der Waals surface area contributed by atoms with E-state index in [0.29, 0.717) is 11.1 Å². The first-order valence-corrected chi connectivity index (χ1v) is 8.43. The van der Waals surface area contributed by atoms with Crippen LogP contribution in [0.2, 0.25) is 0 Å². The van der Waals surface area contributed by atoms with Crippen LogP contribution in [0.3, 0.4) is 0 Å². The molecule has 1 aliphatic rings. The lowest BCUT2D eigenvalue weighted by Gasteiger charge is -2.18. The average molecular weight is 288 g/mol. The third-order valence-corrected chi connectivity index (χ3v) is 5.04. The lowest BCUT2D eigenvalue weighted by molar-refractivity contribution is 0.393. The van der Waals surface area contributed by atoms with E-state index >= 15 is 0 Å². The fourth-order valence-electron chi connectivity index (χ4n) is 2.58. The van der Waals surface area contributed by atoms with Crippen LogP contribution in [0.5, 0.6) is 5.75 Å². The minimum atomic E-state index is -3.80. The first-order chi connectivity index (χ1) is 9.65. The molecule has 20 heavy (non-hydrogen) atoms. The Bertz CT molecular complexity index is 652. The Balaban J connectivity index is 1.86. The highest BCUT2D eigenvalue weighted by molar-refractivity contribution is 7.61. The predicted octanol–water partition coefficient (Wildman–Crippen LogP) is 3.46. The number of hydrogen-bond acceptors (Lipinski definition) is 2. The minimum Gasteiger partial charge on any atom is -0.421 e. The molecule has 2 aromatic rings. The van der Waals surface area contributed by atoms with Gasteiger partial charge in [-0.25, -0.2) is 4.57 Å². The van der Waals surface area contributed by atoms with Gasteiger partial charge in [-0.1, -0.05) is 24.3 Å². The van der Waals surface area contributed by atoms with Gasteiger partial charge in [0.2, 0.25) is 0 Å². The Kier molecular flexibility index (Phi) is 3.64. The standard InChI is InChI=1S/C16H17O3P/c17-20(18,16-8-2-1-3-9-16)19-15-11-10-13-6-4-5-7-14(13)12-15/h1-3,8-12H,4-7H2,(H,17,18). The molecule has 0 heterocycles. The summed E-state index contributed by atoms with van der Waals surface area (Å²) in [6.07, 6.45) is 4.50. The van der Waals surface area contributed by atoms with Gasteiger partial charge in [-0.3, -0.25) is 0 Å².